The first-order chi connectivity index (χ1) is 9.99. The molecule has 5 heteroatoms. The standard InChI is InChI=1S/C16H22ClFN2O/c1-11(13-6-7-15(18)14(17)10-13)19-12(2)16(21)20-8-4-3-5-9-20/h6-7,10-12,19H,3-5,8-9H2,1-2H3. The molecule has 0 aliphatic carbocycles. The molecular formula is C16H22ClFN2O. The summed E-state index contributed by atoms with van der Waals surface area (Å²) < 4.78 is 13.2. The van der Waals surface area contributed by atoms with Crippen LogP contribution in [0.5, 0.6) is 0 Å². The summed E-state index contributed by atoms with van der Waals surface area (Å²) in [6.07, 6.45) is 3.37. The number of carbonyl (C=O) groups is 1. The third-order valence-electron chi connectivity index (χ3n) is 3.98. The molecule has 1 aliphatic heterocycles. The smallest absolute Gasteiger partial charge is 0.239 e. The fourth-order valence-electron chi connectivity index (χ4n) is 2.71. The van der Waals surface area contributed by atoms with Crippen LogP contribution in [0.15, 0.2) is 18.2 Å². The van der Waals surface area contributed by atoms with E-state index in [9.17, 15) is 9.18 Å². The van der Waals surface area contributed by atoms with E-state index in [0.717, 1.165) is 31.5 Å². The highest BCUT2D eigenvalue weighted by Crippen LogP contribution is 2.21. The molecule has 0 radical (unpaired) electrons. The zero-order chi connectivity index (χ0) is 15.4. The van der Waals surface area contributed by atoms with Crippen molar-refractivity contribution in [3.8, 4) is 0 Å². The molecule has 1 aromatic carbocycles. The lowest BCUT2D eigenvalue weighted by Crippen LogP contribution is -2.47. The van der Waals surface area contributed by atoms with Gasteiger partial charge in [-0.1, -0.05) is 17.7 Å². The monoisotopic (exact) mass is 312 g/mol. The first-order valence-electron chi connectivity index (χ1n) is 7.49. The van der Waals surface area contributed by atoms with Crippen LogP contribution < -0.4 is 5.32 Å². The molecule has 2 unspecified atom stereocenters. The van der Waals surface area contributed by atoms with Crippen molar-refractivity contribution in [2.45, 2.75) is 45.2 Å². The second kappa shape index (κ2) is 7.23. The maximum Gasteiger partial charge on any atom is 0.239 e. The zero-order valence-corrected chi connectivity index (χ0v) is 13.3. The van der Waals surface area contributed by atoms with Crippen molar-refractivity contribution in [2.75, 3.05) is 13.1 Å². The summed E-state index contributed by atoms with van der Waals surface area (Å²) in [6, 6.07) is 4.32. The van der Waals surface area contributed by atoms with Crippen LogP contribution in [0, 0.1) is 5.82 Å². The molecule has 1 N–H and O–H groups in total. The SMILES string of the molecule is CC(NC(C)c1ccc(F)c(Cl)c1)C(=O)N1CCCCC1. The summed E-state index contributed by atoms with van der Waals surface area (Å²) in [7, 11) is 0. The molecule has 0 bridgehead atoms. The Morgan fingerprint density at radius 1 is 1.29 bits per heavy atom. The van der Waals surface area contributed by atoms with Crippen LogP contribution in [0.1, 0.15) is 44.7 Å². The van der Waals surface area contributed by atoms with E-state index in [1.165, 1.54) is 12.5 Å². The zero-order valence-electron chi connectivity index (χ0n) is 12.5. The average Bonchev–Trinajstić information content (AvgIpc) is 2.50. The quantitative estimate of drug-likeness (QED) is 0.922. The van der Waals surface area contributed by atoms with E-state index in [0.29, 0.717) is 0 Å². The van der Waals surface area contributed by atoms with Gasteiger partial charge in [-0.15, -0.1) is 0 Å². The highest BCUT2D eigenvalue weighted by molar-refractivity contribution is 6.30. The molecule has 2 atom stereocenters. The van der Waals surface area contributed by atoms with Crippen molar-refractivity contribution in [1.29, 1.82) is 0 Å². The molecule has 0 aromatic heterocycles. The van der Waals surface area contributed by atoms with Crippen LogP contribution in [0.4, 0.5) is 4.39 Å². The lowest BCUT2D eigenvalue weighted by atomic mass is 10.1. The molecule has 0 spiro atoms. The summed E-state index contributed by atoms with van der Waals surface area (Å²) in [5.74, 6) is -0.292. The summed E-state index contributed by atoms with van der Waals surface area (Å²) in [5, 5.41) is 3.38. The number of carbonyl (C=O) groups excluding carboxylic acids is 1. The van der Waals surface area contributed by atoms with E-state index in [1.807, 2.05) is 18.7 Å². The van der Waals surface area contributed by atoms with Crippen molar-refractivity contribution in [3.05, 3.63) is 34.6 Å². The van der Waals surface area contributed by atoms with Gasteiger partial charge in [-0.05, 0) is 50.8 Å². The molecule has 21 heavy (non-hydrogen) atoms. The van der Waals surface area contributed by atoms with Crippen LogP contribution in [0.25, 0.3) is 0 Å². The number of piperidine rings is 1. The Morgan fingerprint density at radius 2 is 1.95 bits per heavy atom. The second-order valence-corrected chi connectivity index (χ2v) is 6.08. The fraction of sp³-hybridized carbons (Fsp3) is 0.562. The van der Waals surface area contributed by atoms with Gasteiger partial charge in [0, 0.05) is 19.1 Å². The molecule has 1 saturated heterocycles. The van der Waals surface area contributed by atoms with Gasteiger partial charge in [0.05, 0.1) is 11.1 Å². The Labute approximate surface area is 130 Å². The number of likely N-dealkylation sites (tertiary alicyclic amines) is 1. The van der Waals surface area contributed by atoms with Crippen molar-refractivity contribution < 1.29 is 9.18 Å². The molecule has 1 amide bonds. The Hall–Kier alpha value is -1.13. The largest absolute Gasteiger partial charge is 0.341 e. The molecule has 0 saturated carbocycles. The van der Waals surface area contributed by atoms with Gasteiger partial charge in [-0.25, -0.2) is 4.39 Å². The van der Waals surface area contributed by atoms with E-state index in [-0.39, 0.29) is 23.0 Å². The van der Waals surface area contributed by atoms with E-state index in [2.05, 4.69) is 5.32 Å². The molecule has 3 nitrogen and oxygen atoms in total. The van der Waals surface area contributed by atoms with Crippen LogP contribution >= 0.6 is 11.6 Å². The minimum Gasteiger partial charge on any atom is -0.341 e. The van der Waals surface area contributed by atoms with Crippen molar-refractivity contribution in [1.82, 2.24) is 10.2 Å². The van der Waals surface area contributed by atoms with E-state index in [1.54, 1.807) is 12.1 Å². The van der Waals surface area contributed by atoms with Gasteiger partial charge in [0.25, 0.3) is 0 Å². The number of nitrogens with one attached hydrogen (secondary N) is 1. The molecule has 2 rings (SSSR count). The summed E-state index contributed by atoms with van der Waals surface area (Å²) >= 11 is 5.80. The lowest BCUT2D eigenvalue weighted by Gasteiger charge is -2.30. The van der Waals surface area contributed by atoms with E-state index in [4.69, 9.17) is 11.6 Å². The summed E-state index contributed by atoms with van der Waals surface area (Å²) in [5.41, 5.74) is 0.875. The maximum atomic E-state index is 13.2. The number of hydrogen-bond donors (Lipinski definition) is 1. The highest BCUT2D eigenvalue weighted by atomic mass is 35.5. The highest BCUT2D eigenvalue weighted by Gasteiger charge is 2.23. The predicted molar refractivity (Wildman–Crippen MR) is 82.9 cm³/mol. The first kappa shape index (κ1) is 16.2. The third-order valence-corrected chi connectivity index (χ3v) is 4.27. The van der Waals surface area contributed by atoms with Crippen molar-refractivity contribution in [2.24, 2.45) is 0 Å². The van der Waals surface area contributed by atoms with Gasteiger partial charge < -0.3 is 4.90 Å². The second-order valence-electron chi connectivity index (χ2n) is 5.67. The maximum absolute atomic E-state index is 13.2. The fourth-order valence-corrected chi connectivity index (χ4v) is 2.90. The van der Waals surface area contributed by atoms with Crippen molar-refractivity contribution in [3.63, 3.8) is 0 Å². The van der Waals surface area contributed by atoms with Crippen LogP contribution in [0.3, 0.4) is 0 Å². The topological polar surface area (TPSA) is 32.3 Å². The Morgan fingerprint density at radius 3 is 2.57 bits per heavy atom. The van der Waals surface area contributed by atoms with Gasteiger partial charge in [0.2, 0.25) is 5.91 Å². The van der Waals surface area contributed by atoms with Gasteiger partial charge >= 0.3 is 0 Å². The average molecular weight is 313 g/mol. The predicted octanol–water partition coefficient (Wildman–Crippen LogP) is 3.53. The lowest BCUT2D eigenvalue weighted by molar-refractivity contribution is -0.134. The molecule has 116 valence electrons. The number of nitrogens with zero attached hydrogens (tertiary/aromatic N) is 1. The van der Waals surface area contributed by atoms with E-state index >= 15 is 0 Å². The Bertz CT molecular complexity index is 503. The number of amides is 1. The summed E-state index contributed by atoms with van der Waals surface area (Å²) in [4.78, 5) is 14.3. The summed E-state index contributed by atoms with van der Waals surface area (Å²) in [6.45, 7) is 5.52. The van der Waals surface area contributed by atoms with Gasteiger partial charge in [-0.2, -0.15) is 0 Å². The minimum absolute atomic E-state index is 0.0631. The molecule has 1 aromatic rings. The van der Waals surface area contributed by atoms with Gasteiger partial charge in [-0.3, -0.25) is 10.1 Å². The number of hydrogen-bond acceptors (Lipinski definition) is 2. The van der Waals surface area contributed by atoms with Crippen molar-refractivity contribution >= 4 is 17.5 Å². The molecule has 1 heterocycles. The van der Waals surface area contributed by atoms with Gasteiger partial charge in [0.1, 0.15) is 5.82 Å². The van der Waals surface area contributed by atoms with Crippen LogP contribution in [0.2, 0.25) is 5.02 Å². The number of halogens is 2. The third kappa shape index (κ3) is 4.17. The normalized spacial score (nSPS) is 18.4. The molecule has 1 aliphatic rings. The molecular weight excluding hydrogens is 291 g/mol. The Kier molecular flexibility index (Phi) is 5.59. The number of rotatable bonds is 4. The van der Waals surface area contributed by atoms with Crippen LogP contribution in [-0.4, -0.2) is 29.9 Å². The number of benzene rings is 1. The van der Waals surface area contributed by atoms with Crippen LogP contribution in [-0.2, 0) is 4.79 Å². The minimum atomic E-state index is -0.426. The van der Waals surface area contributed by atoms with Gasteiger partial charge in [0.15, 0.2) is 0 Å². The Balaban J connectivity index is 1.95. The van der Waals surface area contributed by atoms with E-state index < -0.39 is 5.82 Å². The molecule has 1 fully saturated rings. The first-order valence-corrected chi connectivity index (χ1v) is 7.86.